The quantitative estimate of drug-likeness (QED) is 0.722. The molecule has 0 saturated carbocycles. The lowest BCUT2D eigenvalue weighted by Gasteiger charge is -2.07. The van der Waals surface area contributed by atoms with Crippen LogP contribution in [0.2, 0.25) is 5.02 Å². The minimum atomic E-state index is -0.370. The Balaban J connectivity index is 2.65. The third-order valence-electron chi connectivity index (χ3n) is 2.50. The summed E-state index contributed by atoms with van der Waals surface area (Å²) in [5.74, 6) is -0.468. The van der Waals surface area contributed by atoms with Crippen LogP contribution in [-0.4, -0.2) is 5.78 Å². The first-order valence-electron chi connectivity index (χ1n) is 5.14. The van der Waals surface area contributed by atoms with Crippen molar-refractivity contribution in [2.45, 2.75) is 6.92 Å². The summed E-state index contributed by atoms with van der Waals surface area (Å²) in [5, 5.41) is 0.557. The first kappa shape index (κ1) is 11.8. The maximum Gasteiger partial charge on any atom is 0.160 e. The van der Waals surface area contributed by atoms with Crippen LogP contribution >= 0.6 is 11.6 Å². The minimum absolute atomic E-state index is 0.0972. The Kier molecular flexibility index (Phi) is 3.25. The summed E-state index contributed by atoms with van der Waals surface area (Å²) >= 11 is 5.89. The van der Waals surface area contributed by atoms with Crippen LogP contribution in [0.25, 0.3) is 11.1 Å². The summed E-state index contributed by atoms with van der Waals surface area (Å²) in [7, 11) is 0. The highest BCUT2D eigenvalue weighted by molar-refractivity contribution is 6.30. The van der Waals surface area contributed by atoms with Crippen LogP contribution in [0, 0.1) is 5.82 Å². The molecular formula is C14H10ClFO. The SMILES string of the molecule is CC(=O)c1ccc(F)cc1-c1cccc(Cl)c1. The van der Waals surface area contributed by atoms with E-state index in [1.54, 1.807) is 24.3 Å². The van der Waals surface area contributed by atoms with Crippen molar-refractivity contribution in [3.8, 4) is 11.1 Å². The van der Waals surface area contributed by atoms with Crippen LogP contribution in [0.4, 0.5) is 4.39 Å². The molecular weight excluding hydrogens is 239 g/mol. The predicted octanol–water partition coefficient (Wildman–Crippen LogP) is 4.35. The second-order valence-electron chi connectivity index (χ2n) is 3.76. The van der Waals surface area contributed by atoms with E-state index in [1.807, 2.05) is 0 Å². The number of hydrogen-bond donors (Lipinski definition) is 0. The molecule has 86 valence electrons. The third kappa shape index (κ3) is 2.53. The number of hydrogen-bond acceptors (Lipinski definition) is 1. The van der Waals surface area contributed by atoms with Gasteiger partial charge in [0.25, 0.3) is 0 Å². The molecule has 0 atom stereocenters. The van der Waals surface area contributed by atoms with Crippen LogP contribution in [0.3, 0.4) is 0 Å². The average molecular weight is 249 g/mol. The zero-order valence-electron chi connectivity index (χ0n) is 9.21. The highest BCUT2D eigenvalue weighted by atomic mass is 35.5. The lowest BCUT2D eigenvalue weighted by Crippen LogP contribution is -1.96. The third-order valence-corrected chi connectivity index (χ3v) is 2.73. The smallest absolute Gasteiger partial charge is 0.160 e. The first-order valence-corrected chi connectivity index (χ1v) is 5.52. The summed E-state index contributed by atoms with van der Waals surface area (Å²) in [6.45, 7) is 1.46. The van der Waals surface area contributed by atoms with Crippen molar-refractivity contribution in [2.75, 3.05) is 0 Å². The van der Waals surface area contributed by atoms with Gasteiger partial charge in [-0.05, 0) is 48.4 Å². The van der Waals surface area contributed by atoms with Crippen molar-refractivity contribution in [3.05, 3.63) is 58.9 Å². The molecule has 0 unspecified atom stereocenters. The predicted molar refractivity (Wildman–Crippen MR) is 66.9 cm³/mol. The largest absolute Gasteiger partial charge is 0.294 e. The summed E-state index contributed by atoms with van der Waals surface area (Å²) in [6, 6.07) is 11.1. The number of Topliss-reactive ketones (excluding diaryl/α,β-unsaturated/α-hetero) is 1. The summed E-state index contributed by atoms with van der Waals surface area (Å²) in [4.78, 5) is 11.5. The number of carbonyl (C=O) groups excluding carboxylic acids is 1. The maximum atomic E-state index is 13.3. The highest BCUT2D eigenvalue weighted by Gasteiger charge is 2.10. The van der Waals surface area contributed by atoms with Gasteiger partial charge >= 0.3 is 0 Å². The summed E-state index contributed by atoms with van der Waals surface area (Å²) in [5.41, 5.74) is 1.80. The van der Waals surface area contributed by atoms with Gasteiger partial charge < -0.3 is 0 Å². The number of benzene rings is 2. The molecule has 0 bridgehead atoms. The van der Waals surface area contributed by atoms with E-state index in [1.165, 1.54) is 25.1 Å². The van der Waals surface area contributed by atoms with Crippen molar-refractivity contribution in [3.63, 3.8) is 0 Å². The Labute approximate surface area is 104 Å². The molecule has 0 aliphatic heterocycles. The molecule has 0 aromatic heterocycles. The standard InChI is InChI=1S/C14H10ClFO/c1-9(17)13-6-5-12(16)8-14(13)10-3-2-4-11(15)7-10/h2-8H,1H3. The normalized spacial score (nSPS) is 10.3. The van der Waals surface area contributed by atoms with E-state index < -0.39 is 0 Å². The molecule has 0 radical (unpaired) electrons. The molecule has 0 amide bonds. The van der Waals surface area contributed by atoms with Crippen molar-refractivity contribution in [1.29, 1.82) is 0 Å². The van der Waals surface area contributed by atoms with Crippen LogP contribution in [0.5, 0.6) is 0 Å². The van der Waals surface area contributed by atoms with E-state index in [-0.39, 0.29) is 11.6 Å². The lowest BCUT2D eigenvalue weighted by atomic mass is 9.97. The van der Waals surface area contributed by atoms with Crippen molar-refractivity contribution in [2.24, 2.45) is 0 Å². The van der Waals surface area contributed by atoms with Crippen LogP contribution in [0.1, 0.15) is 17.3 Å². The van der Waals surface area contributed by atoms with Gasteiger partial charge in [0.05, 0.1) is 0 Å². The van der Waals surface area contributed by atoms with Gasteiger partial charge in [-0.15, -0.1) is 0 Å². The highest BCUT2D eigenvalue weighted by Crippen LogP contribution is 2.27. The molecule has 0 saturated heterocycles. The second-order valence-corrected chi connectivity index (χ2v) is 4.19. The molecule has 0 aliphatic carbocycles. The molecule has 3 heteroatoms. The van der Waals surface area contributed by atoms with E-state index in [0.717, 1.165) is 5.56 Å². The minimum Gasteiger partial charge on any atom is -0.294 e. The Bertz CT molecular complexity index is 578. The maximum absolute atomic E-state index is 13.3. The van der Waals surface area contributed by atoms with E-state index in [2.05, 4.69) is 0 Å². The fraction of sp³-hybridized carbons (Fsp3) is 0.0714. The monoisotopic (exact) mass is 248 g/mol. The topological polar surface area (TPSA) is 17.1 Å². The van der Waals surface area contributed by atoms with Gasteiger partial charge in [0.1, 0.15) is 5.82 Å². The molecule has 0 spiro atoms. The fourth-order valence-corrected chi connectivity index (χ4v) is 1.91. The van der Waals surface area contributed by atoms with Crippen molar-refractivity contribution < 1.29 is 9.18 Å². The van der Waals surface area contributed by atoms with Gasteiger partial charge in [-0.2, -0.15) is 0 Å². The lowest BCUT2D eigenvalue weighted by molar-refractivity contribution is 0.101. The van der Waals surface area contributed by atoms with Gasteiger partial charge in [0.2, 0.25) is 0 Å². The van der Waals surface area contributed by atoms with E-state index in [4.69, 9.17) is 11.6 Å². The molecule has 0 fully saturated rings. The number of ketones is 1. The summed E-state index contributed by atoms with van der Waals surface area (Å²) in [6.07, 6.45) is 0. The zero-order chi connectivity index (χ0) is 12.4. The van der Waals surface area contributed by atoms with Gasteiger partial charge in [-0.3, -0.25) is 4.79 Å². The van der Waals surface area contributed by atoms with E-state index in [9.17, 15) is 9.18 Å². The van der Waals surface area contributed by atoms with E-state index in [0.29, 0.717) is 16.1 Å². The number of carbonyl (C=O) groups is 1. The molecule has 2 aromatic carbocycles. The van der Waals surface area contributed by atoms with Gasteiger partial charge in [-0.1, -0.05) is 23.7 Å². The molecule has 17 heavy (non-hydrogen) atoms. The fourth-order valence-electron chi connectivity index (χ4n) is 1.72. The zero-order valence-corrected chi connectivity index (χ0v) is 9.96. The summed E-state index contributed by atoms with van der Waals surface area (Å²) < 4.78 is 13.3. The Morgan fingerprint density at radius 3 is 2.59 bits per heavy atom. The van der Waals surface area contributed by atoms with Crippen molar-refractivity contribution in [1.82, 2.24) is 0 Å². The molecule has 0 heterocycles. The molecule has 0 N–H and O–H groups in total. The molecule has 2 rings (SSSR count). The number of halogens is 2. The van der Waals surface area contributed by atoms with Gasteiger partial charge in [0.15, 0.2) is 5.78 Å². The average Bonchev–Trinajstić information content (AvgIpc) is 2.28. The molecule has 1 nitrogen and oxygen atoms in total. The van der Waals surface area contributed by atoms with Crippen LogP contribution in [0.15, 0.2) is 42.5 Å². The van der Waals surface area contributed by atoms with Crippen LogP contribution in [-0.2, 0) is 0 Å². The Hall–Kier alpha value is -1.67. The van der Waals surface area contributed by atoms with Crippen LogP contribution < -0.4 is 0 Å². The van der Waals surface area contributed by atoms with Gasteiger partial charge in [0, 0.05) is 10.6 Å². The van der Waals surface area contributed by atoms with Gasteiger partial charge in [-0.25, -0.2) is 4.39 Å². The van der Waals surface area contributed by atoms with Crippen molar-refractivity contribution >= 4 is 17.4 Å². The first-order chi connectivity index (χ1) is 8.08. The van der Waals surface area contributed by atoms with E-state index >= 15 is 0 Å². The second kappa shape index (κ2) is 4.68. The molecule has 2 aromatic rings. The Morgan fingerprint density at radius 2 is 1.94 bits per heavy atom. The molecule has 0 aliphatic rings. The Morgan fingerprint density at radius 1 is 1.18 bits per heavy atom. The number of rotatable bonds is 2.